The highest BCUT2D eigenvalue weighted by atomic mass is 32.1. The molecule has 2 amide bonds. The smallest absolute Gasteiger partial charge is 0.409 e. The van der Waals surface area contributed by atoms with Crippen LogP contribution in [-0.4, -0.2) is 35.5 Å². The van der Waals surface area contributed by atoms with Crippen LogP contribution in [0.3, 0.4) is 0 Å². The van der Waals surface area contributed by atoms with Gasteiger partial charge in [0.1, 0.15) is 10.0 Å². The lowest BCUT2D eigenvalue weighted by molar-refractivity contribution is -0.116. The summed E-state index contributed by atoms with van der Waals surface area (Å²) in [5, 5.41) is 4.86. The van der Waals surface area contributed by atoms with Gasteiger partial charge >= 0.3 is 6.09 Å². The zero-order chi connectivity index (χ0) is 22.8. The normalized spacial score (nSPS) is 13.1. The number of anilines is 1. The molecule has 0 spiro atoms. The molecule has 0 bridgehead atoms. The van der Waals surface area contributed by atoms with Crippen molar-refractivity contribution in [3.63, 3.8) is 0 Å². The van der Waals surface area contributed by atoms with Crippen molar-refractivity contribution in [2.24, 2.45) is 0 Å². The number of ether oxygens (including phenoxy) is 1. The molecule has 3 heterocycles. The van der Waals surface area contributed by atoms with Crippen molar-refractivity contribution in [3.05, 3.63) is 70.6 Å². The summed E-state index contributed by atoms with van der Waals surface area (Å²) in [5.74, 6) is -0.0235. The van der Waals surface area contributed by atoms with Crippen LogP contribution < -0.4 is 5.32 Å². The Hall–Kier alpha value is -3.23. The molecular formula is C25H23N3O3S2. The summed E-state index contributed by atoms with van der Waals surface area (Å²) in [6, 6.07) is 18.1. The van der Waals surface area contributed by atoms with E-state index < -0.39 is 0 Å². The molecule has 0 saturated carbocycles. The molecule has 0 atom stereocenters. The number of hydrogen-bond donors (Lipinski definition) is 1. The minimum absolute atomic E-state index is 0.0235. The van der Waals surface area contributed by atoms with Crippen molar-refractivity contribution >= 4 is 49.9 Å². The van der Waals surface area contributed by atoms with Crippen molar-refractivity contribution in [2.45, 2.75) is 25.8 Å². The Kier molecular flexibility index (Phi) is 6.11. The van der Waals surface area contributed by atoms with Gasteiger partial charge in [0.05, 0.1) is 23.9 Å². The minimum atomic E-state index is -0.330. The molecule has 4 aromatic rings. The van der Waals surface area contributed by atoms with Crippen LogP contribution in [0.2, 0.25) is 0 Å². The predicted molar refractivity (Wildman–Crippen MR) is 133 cm³/mol. The van der Waals surface area contributed by atoms with E-state index in [0.717, 1.165) is 41.8 Å². The van der Waals surface area contributed by atoms with E-state index >= 15 is 0 Å². The molecule has 0 aliphatic carbocycles. The first kappa shape index (κ1) is 21.6. The van der Waals surface area contributed by atoms with E-state index in [1.807, 2.05) is 48.5 Å². The summed E-state index contributed by atoms with van der Waals surface area (Å²) < 4.78 is 6.03. The summed E-state index contributed by atoms with van der Waals surface area (Å²) in [5.41, 5.74) is 4.25. The van der Waals surface area contributed by atoms with Gasteiger partial charge in [0.15, 0.2) is 0 Å². The monoisotopic (exact) mass is 477 g/mol. The Morgan fingerprint density at radius 2 is 1.88 bits per heavy atom. The number of para-hydroxylation sites is 1. The topological polar surface area (TPSA) is 71.5 Å². The number of nitrogens with zero attached hydrogens (tertiary/aromatic N) is 2. The summed E-state index contributed by atoms with van der Waals surface area (Å²) in [7, 11) is 1.40. The number of amides is 2. The van der Waals surface area contributed by atoms with Gasteiger partial charge in [0, 0.05) is 23.4 Å². The number of carbonyl (C=O) groups is 2. The van der Waals surface area contributed by atoms with Gasteiger partial charge in [-0.2, -0.15) is 0 Å². The molecule has 6 nitrogen and oxygen atoms in total. The van der Waals surface area contributed by atoms with Gasteiger partial charge < -0.3 is 15.0 Å². The van der Waals surface area contributed by atoms with E-state index in [1.165, 1.54) is 18.4 Å². The van der Waals surface area contributed by atoms with Gasteiger partial charge in [0.2, 0.25) is 5.91 Å². The van der Waals surface area contributed by atoms with Crippen LogP contribution in [0.1, 0.15) is 22.4 Å². The molecule has 168 valence electrons. The maximum atomic E-state index is 12.9. The van der Waals surface area contributed by atoms with Crippen LogP contribution in [0.4, 0.5) is 9.80 Å². The Morgan fingerprint density at radius 3 is 2.67 bits per heavy atom. The molecule has 1 aliphatic heterocycles. The van der Waals surface area contributed by atoms with E-state index in [9.17, 15) is 9.59 Å². The van der Waals surface area contributed by atoms with E-state index in [4.69, 9.17) is 9.72 Å². The van der Waals surface area contributed by atoms with E-state index in [2.05, 4.69) is 11.4 Å². The number of carbonyl (C=O) groups excluding carboxylic acids is 2. The fourth-order valence-corrected chi connectivity index (χ4v) is 6.46. The number of benzene rings is 2. The number of rotatable bonds is 5. The number of hydrogen-bond acceptors (Lipinski definition) is 6. The van der Waals surface area contributed by atoms with Gasteiger partial charge in [0.25, 0.3) is 0 Å². The van der Waals surface area contributed by atoms with E-state index in [0.29, 0.717) is 32.4 Å². The zero-order valence-electron chi connectivity index (χ0n) is 18.2. The second-order valence-electron chi connectivity index (χ2n) is 7.87. The Morgan fingerprint density at radius 1 is 1.09 bits per heavy atom. The lowest BCUT2D eigenvalue weighted by atomic mass is 10.0. The molecule has 0 unspecified atom stereocenters. The van der Waals surface area contributed by atoms with Gasteiger partial charge in [-0.1, -0.05) is 42.5 Å². The Bertz CT molecular complexity index is 1280. The zero-order valence-corrected chi connectivity index (χ0v) is 19.8. The Labute approximate surface area is 199 Å². The molecule has 2 aromatic carbocycles. The maximum absolute atomic E-state index is 12.9. The summed E-state index contributed by atoms with van der Waals surface area (Å²) in [4.78, 5) is 32.6. The number of nitrogens with one attached hydrogen (secondary N) is 1. The number of thiophene rings is 1. The first-order valence-corrected chi connectivity index (χ1v) is 12.4. The molecule has 8 heteroatoms. The van der Waals surface area contributed by atoms with Crippen molar-refractivity contribution in [3.8, 4) is 10.6 Å². The summed E-state index contributed by atoms with van der Waals surface area (Å²) >= 11 is 3.16. The van der Waals surface area contributed by atoms with Crippen molar-refractivity contribution in [1.29, 1.82) is 0 Å². The predicted octanol–water partition coefficient (Wildman–Crippen LogP) is 5.72. The lowest BCUT2D eigenvalue weighted by Gasteiger charge is -2.25. The number of aryl methyl sites for hydroxylation is 1. The van der Waals surface area contributed by atoms with Crippen LogP contribution in [0, 0.1) is 0 Å². The first-order valence-electron chi connectivity index (χ1n) is 10.8. The highest BCUT2D eigenvalue weighted by molar-refractivity contribution is 7.22. The number of thiazole rings is 1. The molecular weight excluding hydrogens is 454 g/mol. The second kappa shape index (κ2) is 9.33. The van der Waals surface area contributed by atoms with Gasteiger partial charge in [-0.25, -0.2) is 9.78 Å². The molecule has 33 heavy (non-hydrogen) atoms. The number of fused-ring (bicyclic) bond motifs is 2. The highest BCUT2D eigenvalue weighted by Gasteiger charge is 2.29. The van der Waals surface area contributed by atoms with Crippen LogP contribution in [0.15, 0.2) is 54.6 Å². The standard InChI is InChI=1S/C25H23N3O3S2/c1-31-25(30)28-14-13-17-20(15-28)33-24(27-21(29)12-11-16-7-3-2-4-8-16)22(17)23-26-18-9-5-6-10-19(18)32-23/h2-10H,11-15H2,1H3,(H,27,29). The molecule has 0 fully saturated rings. The largest absolute Gasteiger partial charge is 0.453 e. The molecule has 1 N–H and O–H groups in total. The fraction of sp³-hybridized carbons (Fsp3) is 0.240. The third kappa shape index (κ3) is 4.49. The molecule has 0 radical (unpaired) electrons. The highest BCUT2D eigenvalue weighted by Crippen LogP contribution is 2.45. The fourth-order valence-electron chi connectivity index (χ4n) is 4.07. The Balaban J connectivity index is 1.46. The van der Waals surface area contributed by atoms with Crippen LogP contribution in [0.5, 0.6) is 0 Å². The van der Waals surface area contributed by atoms with Gasteiger partial charge in [-0.05, 0) is 36.1 Å². The maximum Gasteiger partial charge on any atom is 0.409 e. The van der Waals surface area contributed by atoms with Gasteiger partial charge in [-0.15, -0.1) is 22.7 Å². The first-order chi connectivity index (χ1) is 16.1. The van der Waals surface area contributed by atoms with Crippen molar-refractivity contribution in [1.82, 2.24) is 9.88 Å². The van der Waals surface area contributed by atoms with Crippen LogP contribution in [0.25, 0.3) is 20.8 Å². The quantitative estimate of drug-likeness (QED) is 0.399. The molecule has 5 rings (SSSR count). The van der Waals surface area contributed by atoms with Crippen LogP contribution >= 0.6 is 22.7 Å². The van der Waals surface area contributed by atoms with E-state index in [-0.39, 0.29) is 12.0 Å². The van der Waals surface area contributed by atoms with E-state index in [1.54, 1.807) is 16.2 Å². The SMILES string of the molecule is COC(=O)N1CCc2c(sc(NC(=O)CCc3ccccc3)c2-c2nc3ccccc3s2)C1. The van der Waals surface area contributed by atoms with Crippen LogP contribution in [-0.2, 0) is 28.9 Å². The number of methoxy groups -OCH3 is 1. The van der Waals surface area contributed by atoms with Gasteiger partial charge in [-0.3, -0.25) is 4.79 Å². The average molecular weight is 478 g/mol. The molecule has 1 aliphatic rings. The summed E-state index contributed by atoms with van der Waals surface area (Å²) in [6.45, 7) is 1.06. The lowest BCUT2D eigenvalue weighted by Crippen LogP contribution is -2.35. The second-order valence-corrected chi connectivity index (χ2v) is 10.0. The minimum Gasteiger partial charge on any atom is -0.453 e. The molecule has 2 aromatic heterocycles. The summed E-state index contributed by atoms with van der Waals surface area (Å²) in [6.07, 6.45) is 1.46. The number of aromatic nitrogens is 1. The van der Waals surface area contributed by atoms with Crippen molar-refractivity contribution < 1.29 is 14.3 Å². The molecule has 0 saturated heterocycles. The third-order valence-corrected chi connectivity index (χ3v) is 7.92. The average Bonchev–Trinajstić information content (AvgIpc) is 3.42. The van der Waals surface area contributed by atoms with Crippen molar-refractivity contribution in [2.75, 3.05) is 19.0 Å². The third-order valence-electron chi connectivity index (χ3n) is 5.73.